The Kier molecular flexibility index (Phi) is 2.15. The molecule has 2 atom stereocenters. The zero-order valence-electron chi connectivity index (χ0n) is 9.22. The molecule has 2 aliphatic rings. The van der Waals surface area contributed by atoms with Crippen LogP contribution in [-0.2, 0) is 16.6 Å². The standard InChI is InChI=1S/C13H14BrNO/c1-8-13(7-12(16)15-8)6-5-9-10(13)3-2-4-11(9)14/h2-4,8H,5-7H2,1H3,(H,15,16). The van der Waals surface area contributed by atoms with E-state index in [1.54, 1.807) is 0 Å². The lowest BCUT2D eigenvalue weighted by molar-refractivity contribution is -0.119. The number of hydrogen-bond acceptors (Lipinski definition) is 1. The van der Waals surface area contributed by atoms with E-state index in [2.05, 4.69) is 46.4 Å². The van der Waals surface area contributed by atoms with E-state index in [4.69, 9.17) is 0 Å². The van der Waals surface area contributed by atoms with E-state index >= 15 is 0 Å². The first-order valence-corrected chi connectivity index (χ1v) is 6.50. The number of fused-ring (bicyclic) bond motifs is 2. The van der Waals surface area contributed by atoms with E-state index in [9.17, 15) is 4.79 Å². The maximum Gasteiger partial charge on any atom is 0.221 e. The Bertz CT molecular complexity index is 471. The van der Waals surface area contributed by atoms with Crippen molar-refractivity contribution in [1.29, 1.82) is 0 Å². The zero-order valence-corrected chi connectivity index (χ0v) is 10.8. The van der Waals surface area contributed by atoms with E-state index in [0.29, 0.717) is 6.42 Å². The summed E-state index contributed by atoms with van der Waals surface area (Å²) in [6, 6.07) is 6.61. The molecule has 1 saturated heterocycles. The number of carbonyl (C=O) groups is 1. The summed E-state index contributed by atoms with van der Waals surface area (Å²) in [4.78, 5) is 11.6. The highest BCUT2D eigenvalue weighted by molar-refractivity contribution is 9.10. The Morgan fingerprint density at radius 1 is 1.50 bits per heavy atom. The second-order valence-corrected chi connectivity index (χ2v) is 5.74. The van der Waals surface area contributed by atoms with Gasteiger partial charge >= 0.3 is 0 Å². The quantitative estimate of drug-likeness (QED) is 0.777. The van der Waals surface area contributed by atoms with Crippen molar-refractivity contribution in [3.8, 4) is 0 Å². The Morgan fingerprint density at radius 2 is 2.31 bits per heavy atom. The minimum atomic E-state index is 0.0518. The number of amides is 1. The molecule has 1 aromatic rings. The smallest absolute Gasteiger partial charge is 0.221 e. The predicted octanol–water partition coefficient (Wildman–Crippen LogP) is 2.54. The summed E-state index contributed by atoms with van der Waals surface area (Å²) >= 11 is 3.61. The van der Waals surface area contributed by atoms with Gasteiger partial charge in [0.15, 0.2) is 0 Å². The van der Waals surface area contributed by atoms with Crippen LogP contribution < -0.4 is 5.32 Å². The van der Waals surface area contributed by atoms with Crippen LogP contribution in [-0.4, -0.2) is 11.9 Å². The Labute approximate surface area is 104 Å². The maximum atomic E-state index is 11.6. The third-order valence-electron chi connectivity index (χ3n) is 4.16. The first kappa shape index (κ1) is 10.3. The van der Waals surface area contributed by atoms with Crippen LogP contribution in [0.3, 0.4) is 0 Å². The van der Waals surface area contributed by atoms with E-state index in [0.717, 1.165) is 12.8 Å². The highest BCUT2D eigenvalue weighted by Crippen LogP contribution is 2.48. The molecule has 0 saturated carbocycles. The van der Waals surface area contributed by atoms with Crippen LogP contribution >= 0.6 is 15.9 Å². The summed E-state index contributed by atoms with van der Waals surface area (Å²) in [6.45, 7) is 2.13. The van der Waals surface area contributed by atoms with Gasteiger partial charge in [0.1, 0.15) is 0 Å². The van der Waals surface area contributed by atoms with Gasteiger partial charge in [-0.15, -0.1) is 0 Å². The highest BCUT2D eigenvalue weighted by Gasteiger charge is 2.49. The number of benzene rings is 1. The van der Waals surface area contributed by atoms with Crippen molar-refractivity contribution in [3.63, 3.8) is 0 Å². The van der Waals surface area contributed by atoms with Gasteiger partial charge in [-0.1, -0.05) is 28.1 Å². The largest absolute Gasteiger partial charge is 0.353 e. The van der Waals surface area contributed by atoms with Crippen molar-refractivity contribution >= 4 is 21.8 Å². The van der Waals surface area contributed by atoms with Gasteiger partial charge in [0.25, 0.3) is 0 Å². The number of carbonyl (C=O) groups excluding carboxylic acids is 1. The van der Waals surface area contributed by atoms with Crippen LogP contribution in [0.25, 0.3) is 0 Å². The molecule has 1 fully saturated rings. The normalized spacial score (nSPS) is 31.9. The minimum absolute atomic E-state index is 0.0518. The lowest BCUT2D eigenvalue weighted by Crippen LogP contribution is -2.36. The van der Waals surface area contributed by atoms with Crippen molar-refractivity contribution in [3.05, 3.63) is 33.8 Å². The fraction of sp³-hybridized carbons (Fsp3) is 0.462. The number of hydrogen-bond donors (Lipinski definition) is 1. The number of nitrogens with one attached hydrogen (secondary N) is 1. The Morgan fingerprint density at radius 3 is 3.00 bits per heavy atom. The van der Waals surface area contributed by atoms with E-state index in [1.807, 2.05) is 0 Å². The minimum Gasteiger partial charge on any atom is -0.353 e. The lowest BCUT2D eigenvalue weighted by Gasteiger charge is -2.28. The van der Waals surface area contributed by atoms with Crippen molar-refractivity contribution in [2.24, 2.45) is 0 Å². The Hall–Kier alpha value is -0.830. The molecule has 16 heavy (non-hydrogen) atoms. The highest BCUT2D eigenvalue weighted by atomic mass is 79.9. The Balaban J connectivity index is 2.15. The maximum absolute atomic E-state index is 11.6. The van der Waals surface area contributed by atoms with Gasteiger partial charge in [0.05, 0.1) is 0 Å². The molecule has 3 rings (SSSR count). The average Bonchev–Trinajstić information content (AvgIpc) is 2.72. The van der Waals surface area contributed by atoms with Crippen molar-refractivity contribution in [1.82, 2.24) is 5.32 Å². The van der Waals surface area contributed by atoms with Gasteiger partial charge in [0.2, 0.25) is 5.91 Å². The molecule has 0 bridgehead atoms. The van der Waals surface area contributed by atoms with Gasteiger partial charge in [0, 0.05) is 22.4 Å². The van der Waals surface area contributed by atoms with E-state index in [-0.39, 0.29) is 17.4 Å². The van der Waals surface area contributed by atoms with Crippen LogP contribution in [0.1, 0.15) is 30.9 Å². The van der Waals surface area contributed by atoms with Crippen LogP contribution in [0.2, 0.25) is 0 Å². The first-order valence-electron chi connectivity index (χ1n) is 5.71. The summed E-state index contributed by atoms with van der Waals surface area (Å²) in [5.41, 5.74) is 2.81. The van der Waals surface area contributed by atoms with Gasteiger partial charge in [-0.2, -0.15) is 0 Å². The first-order chi connectivity index (χ1) is 7.63. The zero-order chi connectivity index (χ0) is 11.3. The molecule has 1 N–H and O–H groups in total. The molecule has 1 spiro atoms. The van der Waals surface area contributed by atoms with E-state index in [1.165, 1.54) is 15.6 Å². The summed E-state index contributed by atoms with van der Waals surface area (Å²) < 4.78 is 1.19. The predicted molar refractivity (Wildman–Crippen MR) is 66.4 cm³/mol. The second kappa shape index (κ2) is 3.33. The van der Waals surface area contributed by atoms with E-state index < -0.39 is 0 Å². The van der Waals surface area contributed by atoms with Crippen molar-refractivity contribution < 1.29 is 4.79 Å². The lowest BCUT2D eigenvalue weighted by atomic mass is 9.76. The van der Waals surface area contributed by atoms with Crippen LogP contribution in [0, 0.1) is 0 Å². The number of halogens is 1. The number of rotatable bonds is 0. The molecule has 2 unspecified atom stereocenters. The van der Waals surface area contributed by atoms with Gasteiger partial charge < -0.3 is 5.32 Å². The van der Waals surface area contributed by atoms with Gasteiger partial charge in [-0.25, -0.2) is 0 Å². The molecule has 84 valence electrons. The van der Waals surface area contributed by atoms with Gasteiger partial charge in [-0.05, 0) is 37.0 Å². The molecule has 2 nitrogen and oxygen atoms in total. The van der Waals surface area contributed by atoms with Crippen molar-refractivity contribution in [2.45, 2.75) is 37.6 Å². The molecule has 1 aromatic carbocycles. The molecule has 1 heterocycles. The fourth-order valence-corrected chi connectivity index (χ4v) is 3.83. The molecular formula is C13H14BrNO. The molecule has 0 aromatic heterocycles. The summed E-state index contributed by atoms with van der Waals surface area (Å²) in [6.07, 6.45) is 2.82. The third kappa shape index (κ3) is 1.21. The third-order valence-corrected chi connectivity index (χ3v) is 4.90. The van der Waals surface area contributed by atoms with Crippen LogP contribution in [0.5, 0.6) is 0 Å². The van der Waals surface area contributed by atoms with Crippen LogP contribution in [0.15, 0.2) is 22.7 Å². The SMILES string of the molecule is CC1NC(=O)CC12CCc1c(Br)cccc12. The molecule has 1 amide bonds. The van der Waals surface area contributed by atoms with Gasteiger partial charge in [-0.3, -0.25) is 4.79 Å². The molecular weight excluding hydrogens is 266 g/mol. The monoisotopic (exact) mass is 279 g/mol. The molecule has 1 aliphatic carbocycles. The fourth-order valence-electron chi connectivity index (χ4n) is 3.27. The topological polar surface area (TPSA) is 29.1 Å². The van der Waals surface area contributed by atoms with Crippen LogP contribution in [0.4, 0.5) is 0 Å². The molecule has 1 aliphatic heterocycles. The molecule has 3 heteroatoms. The average molecular weight is 280 g/mol. The summed E-state index contributed by atoms with van der Waals surface area (Å²) in [5.74, 6) is 0.195. The van der Waals surface area contributed by atoms with Crippen molar-refractivity contribution in [2.75, 3.05) is 0 Å². The second-order valence-electron chi connectivity index (χ2n) is 4.89. The molecule has 0 radical (unpaired) electrons. The summed E-state index contributed by atoms with van der Waals surface area (Å²) in [5, 5.41) is 3.06. The summed E-state index contributed by atoms with van der Waals surface area (Å²) in [7, 11) is 0.